The zero-order chi connectivity index (χ0) is 16.1. The number of thioether (sulfide) groups is 1. The van der Waals surface area contributed by atoms with Gasteiger partial charge in [-0.05, 0) is 13.0 Å². The van der Waals surface area contributed by atoms with E-state index in [0.717, 1.165) is 16.3 Å². The van der Waals surface area contributed by atoms with E-state index in [0.29, 0.717) is 5.13 Å². The Morgan fingerprint density at radius 1 is 1.22 bits per heavy atom. The third-order valence-corrected chi connectivity index (χ3v) is 4.76. The van der Waals surface area contributed by atoms with Crippen molar-refractivity contribution >= 4 is 34.1 Å². The van der Waals surface area contributed by atoms with E-state index in [9.17, 15) is 4.79 Å². The lowest BCUT2D eigenvalue weighted by molar-refractivity contribution is -0.115. The lowest BCUT2D eigenvalue weighted by Gasteiger charge is -2.10. The molecule has 2 heterocycles. The summed E-state index contributed by atoms with van der Waals surface area (Å²) in [6.45, 7) is 1.85. The van der Waals surface area contributed by atoms with Gasteiger partial charge in [-0.3, -0.25) is 4.79 Å². The molecule has 0 saturated heterocycles. The van der Waals surface area contributed by atoms with Crippen LogP contribution in [0, 0.1) is 0 Å². The van der Waals surface area contributed by atoms with E-state index in [2.05, 4.69) is 20.3 Å². The van der Waals surface area contributed by atoms with Gasteiger partial charge in [-0.25, -0.2) is 15.0 Å². The monoisotopic (exact) mass is 342 g/mol. The number of amides is 1. The number of benzene rings is 1. The molecule has 1 amide bonds. The summed E-state index contributed by atoms with van der Waals surface area (Å²) < 4.78 is 0. The van der Waals surface area contributed by atoms with Crippen molar-refractivity contribution in [1.82, 2.24) is 15.0 Å². The zero-order valence-corrected chi connectivity index (χ0v) is 14.0. The van der Waals surface area contributed by atoms with Crippen LogP contribution in [0.25, 0.3) is 11.3 Å². The SMILES string of the molecule is C[C@H](Sc1cc(-c2ccccc2)ncn1)C(=O)Nc1nccs1. The van der Waals surface area contributed by atoms with E-state index in [1.165, 1.54) is 29.4 Å². The Kier molecular flexibility index (Phi) is 4.99. The van der Waals surface area contributed by atoms with Crippen LogP contribution in [0.1, 0.15) is 6.92 Å². The van der Waals surface area contributed by atoms with Crippen LogP contribution in [0.4, 0.5) is 5.13 Å². The maximum absolute atomic E-state index is 12.2. The Bertz CT molecular complexity index is 778. The minimum Gasteiger partial charge on any atom is -0.301 e. The van der Waals surface area contributed by atoms with Gasteiger partial charge in [-0.2, -0.15) is 0 Å². The molecule has 1 aromatic carbocycles. The normalized spacial score (nSPS) is 11.9. The molecule has 0 aliphatic heterocycles. The smallest absolute Gasteiger partial charge is 0.239 e. The first-order valence-corrected chi connectivity index (χ1v) is 8.73. The minimum atomic E-state index is -0.280. The van der Waals surface area contributed by atoms with Crippen LogP contribution in [0.5, 0.6) is 0 Å². The van der Waals surface area contributed by atoms with Crippen LogP contribution < -0.4 is 5.32 Å². The summed E-state index contributed by atoms with van der Waals surface area (Å²) in [6, 6.07) is 11.8. The van der Waals surface area contributed by atoms with Crippen LogP contribution in [-0.2, 0) is 4.79 Å². The molecule has 0 unspecified atom stereocenters. The number of hydrogen-bond donors (Lipinski definition) is 1. The average Bonchev–Trinajstić information content (AvgIpc) is 3.09. The molecule has 0 spiro atoms. The fourth-order valence-corrected chi connectivity index (χ4v) is 3.25. The van der Waals surface area contributed by atoms with Gasteiger partial charge in [0.25, 0.3) is 0 Å². The minimum absolute atomic E-state index is 0.0928. The second kappa shape index (κ2) is 7.34. The largest absolute Gasteiger partial charge is 0.301 e. The highest BCUT2D eigenvalue weighted by molar-refractivity contribution is 8.00. The summed E-state index contributed by atoms with van der Waals surface area (Å²) in [4.78, 5) is 24.7. The second-order valence-electron chi connectivity index (χ2n) is 4.69. The summed E-state index contributed by atoms with van der Waals surface area (Å²) in [7, 11) is 0. The predicted molar refractivity (Wildman–Crippen MR) is 93.5 cm³/mol. The van der Waals surface area contributed by atoms with Gasteiger partial charge < -0.3 is 5.32 Å². The lowest BCUT2D eigenvalue weighted by atomic mass is 10.1. The van der Waals surface area contributed by atoms with Crippen molar-refractivity contribution in [2.24, 2.45) is 0 Å². The molecule has 0 fully saturated rings. The molecular formula is C16H14N4OS2. The number of nitrogens with one attached hydrogen (secondary N) is 1. The van der Waals surface area contributed by atoms with Gasteiger partial charge in [0.2, 0.25) is 5.91 Å². The maximum atomic E-state index is 12.2. The number of thiazole rings is 1. The second-order valence-corrected chi connectivity index (χ2v) is 6.95. The first-order chi connectivity index (χ1) is 11.2. The Labute approximate surface area is 142 Å². The molecule has 1 atom stereocenters. The van der Waals surface area contributed by atoms with Gasteiger partial charge in [0.1, 0.15) is 11.4 Å². The summed E-state index contributed by atoms with van der Waals surface area (Å²) >= 11 is 2.79. The first-order valence-electron chi connectivity index (χ1n) is 6.97. The number of aromatic nitrogens is 3. The molecule has 1 N–H and O–H groups in total. The Hall–Kier alpha value is -2.25. The van der Waals surface area contributed by atoms with E-state index < -0.39 is 0 Å². The fraction of sp³-hybridized carbons (Fsp3) is 0.125. The molecule has 0 saturated carbocycles. The number of anilines is 1. The van der Waals surface area contributed by atoms with Crippen molar-refractivity contribution < 1.29 is 4.79 Å². The summed E-state index contributed by atoms with van der Waals surface area (Å²) in [5, 5.41) is 5.71. The highest BCUT2D eigenvalue weighted by Crippen LogP contribution is 2.25. The van der Waals surface area contributed by atoms with Gasteiger partial charge in [0.15, 0.2) is 5.13 Å². The van der Waals surface area contributed by atoms with E-state index >= 15 is 0 Å². The zero-order valence-electron chi connectivity index (χ0n) is 12.3. The van der Waals surface area contributed by atoms with Crippen LogP contribution >= 0.6 is 23.1 Å². The molecule has 2 aromatic heterocycles. The third-order valence-electron chi connectivity index (χ3n) is 3.04. The molecule has 0 aliphatic carbocycles. The molecule has 0 radical (unpaired) electrons. The van der Waals surface area contributed by atoms with E-state index in [-0.39, 0.29) is 11.2 Å². The number of rotatable bonds is 5. The van der Waals surface area contributed by atoms with Gasteiger partial charge in [-0.15, -0.1) is 11.3 Å². The molecule has 23 heavy (non-hydrogen) atoms. The predicted octanol–water partition coefficient (Wildman–Crippen LogP) is 3.72. The Morgan fingerprint density at radius 2 is 2.04 bits per heavy atom. The molecule has 7 heteroatoms. The van der Waals surface area contributed by atoms with Gasteiger partial charge in [0, 0.05) is 17.1 Å². The summed E-state index contributed by atoms with van der Waals surface area (Å²) in [5.74, 6) is -0.0928. The summed E-state index contributed by atoms with van der Waals surface area (Å²) in [6.07, 6.45) is 3.19. The molecule has 0 aliphatic rings. The van der Waals surface area contributed by atoms with Gasteiger partial charge in [-0.1, -0.05) is 42.1 Å². The third kappa shape index (κ3) is 4.14. The van der Waals surface area contributed by atoms with Crippen LogP contribution in [0.3, 0.4) is 0 Å². The topological polar surface area (TPSA) is 67.8 Å². The van der Waals surface area contributed by atoms with Crippen molar-refractivity contribution in [3.8, 4) is 11.3 Å². The quantitative estimate of drug-likeness (QED) is 0.565. The molecule has 3 aromatic rings. The highest BCUT2D eigenvalue weighted by Gasteiger charge is 2.16. The van der Waals surface area contributed by atoms with Crippen molar-refractivity contribution in [2.75, 3.05) is 5.32 Å². The molecule has 3 rings (SSSR count). The Balaban J connectivity index is 1.69. The van der Waals surface area contributed by atoms with Crippen molar-refractivity contribution in [3.05, 3.63) is 54.3 Å². The van der Waals surface area contributed by atoms with Crippen molar-refractivity contribution in [3.63, 3.8) is 0 Å². The lowest BCUT2D eigenvalue weighted by Crippen LogP contribution is -2.22. The fourth-order valence-electron chi connectivity index (χ4n) is 1.90. The van der Waals surface area contributed by atoms with E-state index in [4.69, 9.17) is 0 Å². The number of carbonyl (C=O) groups is 1. The standard InChI is InChI=1S/C16H14N4OS2/c1-11(15(21)20-16-17-7-8-22-16)23-14-9-13(18-10-19-14)12-5-3-2-4-6-12/h2-11H,1H3,(H,17,20,21)/t11-/m0/s1. The van der Waals surface area contributed by atoms with Crippen molar-refractivity contribution in [1.29, 1.82) is 0 Å². The molecular weight excluding hydrogens is 328 g/mol. The highest BCUT2D eigenvalue weighted by atomic mass is 32.2. The average molecular weight is 342 g/mol. The van der Waals surface area contributed by atoms with Gasteiger partial charge >= 0.3 is 0 Å². The summed E-state index contributed by atoms with van der Waals surface area (Å²) in [5.41, 5.74) is 1.87. The Morgan fingerprint density at radius 3 is 2.78 bits per heavy atom. The van der Waals surface area contributed by atoms with Gasteiger partial charge in [0.05, 0.1) is 10.9 Å². The first kappa shape index (κ1) is 15.6. The van der Waals surface area contributed by atoms with Crippen LogP contribution in [-0.4, -0.2) is 26.1 Å². The van der Waals surface area contributed by atoms with Crippen LogP contribution in [0.15, 0.2) is 59.3 Å². The van der Waals surface area contributed by atoms with E-state index in [1.54, 1.807) is 6.20 Å². The maximum Gasteiger partial charge on any atom is 0.239 e. The van der Waals surface area contributed by atoms with E-state index in [1.807, 2.05) is 48.7 Å². The van der Waals surface area contributed by atoms with Crippen LogP contribution in [0.2, 0.25) is 0 Å². The molecule has 5 nitrogen and oxygen atoms in total. The number of hydrogen-bond acceptors (Lipinski definition) is 6. The van der Waals surface area contributed by atoms with Crippen molar-refractivity contribution in [2.45, 2.75) is 17.2 Å². The number of nitrogens with zero attached hydrogens (tertiary/aromatic N) is 3. The number of carbonyl (C=O) groups excluding carboxylic acids is 1. The molecule has 116 valence electrons. The molecule has 0 bridgehead atoms.